The standard InChI is InChI=1S/C7H12O4S2/c1-3-11-12-5-7(8)6-13(9,10)4-2/h3-4,7-8H,1-2,5-6H2. The molecule has 76 valence electrons. The molecule has 0 aliphatic carbocycles. The lowest BCUT2D eigenvalue weighted by atomic mass is 10.5. The summed E-state index contributed by atoms with van der Waals surface area (Å²) in [6, 6.07) is 0. The predicted molar refractivity (Wildman–Crippen MR) is 53.7 cm³/mol. The first-order valence-electron chi connectivity index (χ1n) is 3.44. The number of sulfone groups is 1. The van der Waals surface area contributed by atoms with Gasteiger partial charge < -0.3 is 9.29 Å². The van der Waals surface area contributed by atoms with Gasteiger partial charge in [-0.05, 0) is 0 Å². The Morgan fingerprint density at radius 2 is 2.15 bits per heavy atom. The van der Waals surface area contributed by atoms with Crippen LogP contribution >= 0.6 is 12.0 Å². The molecule has 1 unspecified atom stereocenters. The van der Waals surface area contributed by atoms with E-state index in [-0.39, 0.29) is 11.5 Å². The van der Waals surface area contributed by atoms with Crippen LogP contribution in [0.2, 0.25) is 0 Å². The van der Waals surface area contributed by atoms with Crippen molar-refractivity contribution in [1.29, 1.82) is 0 Å². The second-order valence-corrected chi connectivity index (χ2v) is 4.95. The second kappa shape index (κ2) is 6.06. The van der Waals surface area contributed by atoms with E-state index in [1.165, 1.54) is 6.26 Å². The van der Waals surface area contributed by atoms with E-state index in [1.54, 1.807) is 0 Å². The number of rotatable bonds is 7. The van der Waals surface area contributed by atoms with Gasteiger partial charge in [0.1, 0.15) is 0 Å². The van der Waals surface area contributed by atoms with Crippen LogP contribution in [0.3, 0.4) is 0 Å². The average molecular weight is 224 g/mol. The van der Waals surface area contributed by atoms with Gasteiger partial charge in [-0.3, -0.25) is 0 Å². The molecule has 0 aromatic carbocycles. The van der Waals surface area contributed by atoms with Crippen LogP contribution in [0.4, 0.5) is 0 Å². The molecule has 6 heteroatoms. The fourth-order valence-corrected chi connectivity index (χ4v) is 1.94. The van der Waals surface area contributed by atoms with E-state index in [1.807, 2.05) is 0 Å². The number of aliphatic hydroxyl groups excluding tert-OH is 1. The van der Waals surface area contributed by atoms with E-state index in [0.717, 1.165) is 17.5 Å². The fraction of sp³-hybridized carbons (Fsp3) is 0.429. The maximum atomic E-state index is 10.9. The Morgan fingerprint density at radius 3 is 2.62 bits per heavy atom. The Morgan fingerprint density at radius 1 is 1.54 bits per heavy atom. The minimum atomic E-state index is -3.34. The SMILES string of the molecule is C=COSCC(O)CS(=O)(=O)C=C. The maximum absolute atomic E-state index is 10.9. The highest BCUT2D eigenvalue weighted by atomic mass is 32.2. The summed E-state index contributed by atoms with van der Waals surface area (Å²) in [5, 5.41) is 10.0. The Kier molecular flexibility index (Phi) is 5.85. The van der Waals surface area contributed by atoms with E-state index in [9.17, 15) is 13.5 Å². The zero-order valence-corrected chi connectivity index (χ0v) is 8.68. The van der Waals surface area contributed by atoms with Crippen LogP contribution < -0.4 is 0 Å². The molecule has 0 aliphatic rings. The van der Waals surface area contributed by atoms with Crippen molar-refractivity contribution in [3.05, 3.63) is 24.8 Å². The van der Waals surface area contributed by atoms with Gasteiger partial charge in [0.15, 0.2) is 9.84 Å². The smallest absolute Gasteiger partial charge is 0.173 e. The van der Waals surface area contributed by atoms with Gasteiger partial charge >= 0.3 is 0 Å². The van der Waals surface area contributed by atoms with Crippen molar-refractivity contribution in [2.45, 2.75) is 6.10 Å². The molecule has 13 heavy (non-hydrogen) atoms. The second-order valence-electron chi connectivity index (χ2n) is 2.20. The number of hydrogen-bond acceptors (Lipinski definition) is 5. The third kappa shape index (κ3) is 6.68. The largest absolute Gasteiger partial charge is 0.434 e. The summed E-state index contributed by atoms with van der Waals surface area (Å²) >= 11 is 0.946. The summed E-state index contributed by atoms with van der Waals surface area (Å²) in [7, 11) is -3.34. The molecular weight excluding hydrogens is 212 g/mol. The normalized spacial score (nSPS) is 13.3. The van der Waals surface area contributed by atoms with Crippen LogP contribution in [0.15, 0.2) is 24.8 Å². The molecule has 4 nitrogen and oxygen atoms in total. The van der Waals surface area contributed by atoms with Gasteiger partial charge in [0, 0.05) is 5.41 Å². The molecule has 0 rings (SSSR count). The summed E-state index contributed by atoms with van der Waals surface area (Å²) in [4.78, 5) is 0. The third-order valence-electron chi connectivity index (χ3n) is 1.08. The highest BCUT2D eigenvalue weighted by Crippen LogP contribution is 2.07. The lowest BCUT2D eigenvalue weighted by Crippen LogP contribution is -2.21. The van der Waals surface area contributed by atoms with Crippen molar-refractivity contribution < 1.29 is 17.7 Å². The lowest BCUT2D eigenvalue weighted by Gasteiger charge is -2.06. The highest BCUT2D eigenvalue weighted by Gasteiger charge is 2.13. The van der Waals surface area contributed by atoms with E-state index < -0.39 is 15.9 Å². The quantitative estimate of drug-likeness (QED) is 0.392. The van der Waals surface area contributed by atoms with Crippen molar-refractivity contribution in [2.75, 3.05) is 11.5 Å². The van der Waals surface area contributed by atoms with Gasteiger partial charge in [-0.15, -0.1) is 0 Å². The van der Waals surface area contributed by atoms with Crippen molar-refractivity contribution >= 4 is 21.9 Å². The maximum Gasteiger partial charge on any atom is 0.173 e. The topological polar surface area (TPSA) is 63.6 Å². The molecule has 0 aromatic rings. The van der Waals surface area contributed by atoms with Crippen LogP contribution in [0, 0.1) is 0 Å². The summed E-state index contributed by atoms with van der Waals surface area (Å²) in [5.41, 5.74) is 0. The van der Waals surface area contributed by atoms with Crippen molar-refractivity contribution in [3.8, 4) is 0 Å². The molecule has 1 N–H and O–H groups in total. The van der Waals surface area contributed by atoms with Gasteiger partial charge in [-0.25, -0.2) is 8.42 Å². The monoisotopic (exact) mass is 224 g/mol. The molecular formula is C7H12O4S2. The zero-order chi connectivity index (χ0) is 10.3. The first kappa shape index (κ1) is 12.5. The average Bonchev–Trinajstić information content (AvgIpc) is 2.04. The lowest BCUT2D eigenvalue weighted by molar-refractivity contribution is 0.221. The van der Waals surface area contributed by atoms with Gasteiger partial charge in [0.05, 0.1) is 35.9 Å². The van der Waals surface area contributed by atoms with E-state index in [0.29, 0.717) is 0 Å². The van der Waals surface area contributed by atoms with Gasteiger partial charge in [0.25, 0.3) is 0 Å². The molecule has 0 saturated carbocycles. The van der Waals surface area contributed by atoms with E-state index in [4.69, 9.17) is 0 Å². The third-order valence-corrected chi connectivity index (χ3v) is 3.23. The van der Waals surface area contributed by atoms with Crippen LogP contribution in [0.5, 0.6) is 0 Å². The van der Waals surface area contributed by atoms with E-state index >= 15 is 0 Å². The zero-order valence-electron chi connectivity index (χ0n) is 7.05. The highest BCUT2D eigenvalue weighted by molar-refractivity contribution is 7.95. The summed E-state index contributed by atoms with van der Waals surface area (Å²) < 4.78 is 26.4. The van der Waals surface area contributed by atoms with Crippen LogP contribution in [0.1, 0.15) is 0 Å². The first-order valence-corrected chi connectivity index (χ1v) is 6.07. The number of aliphatic hydroxyl groups is 1. The molecule has 0 fully saturated rings. The molecule has 0 aliphatic heterocycles. The Bertz CT molecular complexity index is 258. The Balaban J connectivity index is 3.80. The van der Waals surface area contributed by atoms with Crippen LogP contribution in [0.25, 0.3) is 0 Å². The van der Waals surface area contributed by atoms with Crippen molar-refractivity contribution in [2.24, 2.45) is 0 Å². The van der Waals surface area contributed by atoms with Gasteiger partial charge in [0.2, 0.25) is 0 Å². The summed E-state index contributed by atoms with van der Waals surface area (Å²) in [5.74, 6) is -0.150. The van der Waals surface area contributed by atoms with Crippen molar-refractivity contribution in [1.82, 2.24) is 0 Å². The van der Waals surface area contributed by atoms with Gasteiger partial charge in [-0.2, -0.15) is 0 Å². The first-order chi connectivity index (χ1) is 6.02. The molecule has 0 bridgehead atoms. The number of hydrogen-bond donors (Lipinski definition) is 1. The Labute approximate surface area is 82.4 Å². The fourth-order valence-electron chi connectivity index (χ4n) is 0.550. The molecule has 0 spiro atoms. The molecule has 0 saturated heterocycles. The minimum absolute atomic E-state index is 0.180. The molecule has 1 atom stereocenters. The molecule has 0 radical (unpaired) electrons. The molecule has 0 heterocycles. The Hall–Kier alpha value is -0.460. The minimum Gasteiger partial charge on any atom is -0.434 e. The summed E-state index contributed by atoms with van der Waals surface area (Å²) in [6.45, 7) is 6.42. The van der Waals surface area contributed by atoms with Crippen LogP contribution in [-0.4, -0.2) is 31.1 Å². The van der Waals surface area contributed by atoms with E-state index in [2.05, 4.69) is 17.3 Å². The predicted octanol–water partition coefficient (Wildman–Crippen LogP) is 0.714. The van der Waals surface area contributed by atoms with Crippen LogP contribution in [-0.2, 0) is 14.0 Å². The molecule has 0 amide bonds. The summed E-state index contributed by atoms with van der Waals surface area (Å²) in [6.07, 6.45) is 0.257. The molecule has 0 aromatic heterocycles. The van der Waals surface area contributed by atoms with Gasteiger partial charge in [-0.1, -0.05) is 13.2 Å². The van der Waals surface area contributed by atoms with Crippen molar-refractivity contribution in [3.63, 3.8) is 0 Å².